The number of hydrogen-bond acceptors (Lipinski definition) is 3. The van der Waals surface area contributed by atoms with Crippen LogP contribution in [0.15, 0.2) is 24.4 Å². The van der Waals surface area contributed by atoms with Gasteiger partial charge in [0.15, 0.2) is 0 Å². The normalized spacial score (nSPS) is 10.6. The molecule has 84 valence electrons. The maximum Gasteiger partial charge on any atom is 0.223 e. The first kappa shape index (κ1) is 10.8. The lowest BCUT2D eigenvalue weighted by atomic mass is 10.2. The number of nitrogens with one attached hydrogen (secondary N) is 1. The molecule has 3 nitrogen and oxygen atoms in total. The molecule has 0 saturated carbocycles. The summed E-state index contributed by atoms with van der Waals surface area (Å²) in [6, 6.07) is 4.51. The third-order valence-electron chi connectivity index (χ3n) is 2.36. The van der Waals surface area contributed by atoms with Gasteiger partial charge in [-0.25, -0.2) is 14.4 Å². The molecule has 0 amide bonds. The SMILES string of the molecule is CCCCNc1ncc2cc(F)ccc2n1. The standard InChI is InChI=1S/C12H14FN3/c1-2-3-6-14-12-15-8-9-7-10(13)4-5-11(9)16-12/h4-5,7-8H,2-3,6H2,1H3,(H,14,15,16). The van der Waals surface area contributed by atoms with Crippen LogP contribution in [0.3, 0.4) is 0 Å². The third kappa shape index (κ3) is 2.45. The molecule has 2 rings (SSSR count). The number of rotatable bonds is 4. The van der Waals surface area contributed by atoms with E-state index in [1.165, 1.54) is 12.1 Å². The van der Waals surface area contributed by atoms with Gasteiger partial charge in [-0.05, 0) is 24.6 Å². The first-order valence-electron chi connectivity index (χ1n) is 5.46. The highest BCUT2D eigenvalue weighted by molar-refractivity contribution is 5.78. The highest BCUT2D eigenvalue weighted by Gasteiger charge is 2.00. The van der Waals surface area contributed by atoms with Crippen molar-refractivity contribution in [2.24, 2.45) is 0 Å². The van der Waals surface area contributed by atoms with Crippen LogP contribution in [0.4, 0.5) is 10.3 Å². The van der Waals surface area contributed by atoms with Crippen LogP contribution in [0.1, 0.15) is 19.8 Å². The molecule has 0 aliphatic carbocycles. The number of nitrogens with zero attached hydrogens (tertiary/aromatic N) is 2. The first-order valence-corrected chi connectivity index (χ1v) is 5.46. The van der Waals surface area contributed by atoms with Crippen LogP contribution in [-0.4, -0.2) is 16.5 Å². The number of fused-ring (bicyclic) bond motifs is 1. The topological polar surface area (TPSA) is 37.8 Å². The molecule has 0 fully saturated rings. The van der Waals surface area contributed by atoms with E-state index >= 15 is 0 Å². The number of benzene rings is 1. The van der Waals surface area contributed by atoms with Crippen molar-refractivity contribution in [1.82, 2.24) is 9.97 Å². The fourth-order valence-corrected chi connectivity index (χ4v) is 1.47. The minimum atomic E-state index is -0.261. The van der Waals surface area contributed by atoms with Crippen LogP contribution in [0.25, 0.3) is 10.9 Å². The molecule has 0 aliphatic rings. The molecule has 0 unspecified atom stereocenters. The van der Waals surface area contributed by atoms with E-state index in [2.05, 4.69) is 22.2 Å². The van der Waals surface area contributed by atoms with Gasteiger partial charge in [0.2, 0.25) is 5.95 Å². The zero-order valence-corrected chi connectivity index (χ0v) is 9.20. The van der Waals surface area contributed by atoms with Crippen LogP contribution in [0, 0.1) is 5.82 Å². The molecule has 0 radical (unpaired) electrons. The lowest BCUT2D eigenvalue weighted by Crippen LogP contribution is -2.04. The Morgan fingerprint density at radius 3 is 3.06 bits per heavy atom. The van der Waals surface area contributed by atoms with Gasteiger partial charge in [-0.1, -0.05) is 13.3 Å². The lowest BCUT2D eigenvalue weighted by molar-refractivity contribution is 0.629. The molecule has 0 bridgehead atoms. The smallest absolute Gasteiger partial charge is 0.223 e. The second-order valence-electron chi connectivity index (χ2n) is 3.68. The van der Waals surface area contributed by atoms with Gasteiger partial charge in [0.25, 0.3) is 0 Å². The van der Waals surface area contributed by atoms with Gasteiger partial charge in [0, 0.05) is 18.1 Å². The van der Waals surface area contributed by atoms with Gasteiger partial charge in [0.1, 0.15) is 5.82 Å². The minimum absolute atomic E-state index is 0.261. The van der Waals surface area contributed by atoms with Gasteiger partial charge < -0.3 is 5.32 Å². The molecule has 2 aromatic rings. The molecule has 1 heterocycles. The number of hydrogen-bond donors (Lipinski definition) is 1. The largest absolute Gasteiger partial charge is 0.354 e. The summed E-state index contributed by atoms with van der Waals surface area (Å²) in [6.07, 6.45) is 3.86. The molecule has 1 N–H and O–H groups in total. The van der Waals surface area contributed by atoms with E-state index in [0.717, 1.165) is 30.3 Å². The maximum absolute atomic E-state index is 12.9. The molecule has 0 atom stereocenters. The quantitative estimate of drug-likeness (QED) is 0.803. The van der Waals surface area contributed by atoms with Gasteiger partial charge in [-0.2, -0.15) is 0 Å². The first-order chi connectivity index (χ1) is 7.79. The zero-order chi connectivity index (χ0) is 11.4. The second kappa shape index (κ2) is 4.88. The molecular formula is C12H14FN3. The Morgan fingerprint density at radius 1 is 1.38 bits per heavy atom. The average Bonchev–Trinajstić information content (AvgIpc) is 2.29. The van der Waals surface area contributed by atoms with Crippen molar-refractivity contribution in [3.63, 3.8) is 0 Å². The third-order valence-corrected chi connectivity index (χ3v) is 2.36. The minimum Gasteiger partial charge on any atom is -0.354 e. The van der Waals surface area contributed by atoms with E-state index in [9.17, 15) is 4.39 Å². The van der Waals surface area contributed by atoms with Crippen molar-refractivity contribution < 1.29 is 4.39 Å². The van der Waals surface area contributed by atoms with E-state index in [4.69, 9.17) is 0 Å². The van der Waals surface area contributed by atoms with Crippen LogP contribution in [-0.2, 0) is 0 Å². The molecule has 16 heavy (non-hydrogen) atoms. The molecule has 4 heteroatoms. The predicted octanol–water partition coefficient (Wildman–Crippen LogP) is 2.98. The highest BCUT2D eigenvalue weighted by atomic mass is 19.1. The van der Waals surface area contributed by atoms with Crippen molar-refractivity contribution in [2.45, 2.75) is 19.8 Å². The fraction of sp³-hybridized carbons (Fsp3) is 0.333. The van der Waals surface area contributed by atoms with E-state index < -0.39 is 0 Å². The Morgan fingerprint density at radius 2 is 2.25 bits per heavy atom. The molecule has 0 saturated heterocycles. The average molecular weight is 219 g/mol. The molecule has 1 aromatic carbocycles. The summed E-state index contributed by atoms with van der Waals surface area (Å²) in [5.74, 6) is 0.343. The summed E-state index contributed by atoms with van der Waals surface area (Å²) in [5.41, 5.74) is 0.760. The van der Waals surface area contributed by atoms with Crippen LogP contribution < -0.4 is 5.32 Å². The zero-order valence-electron chi connectivity index (χ0n) is 9.20. The monoisotopic (exact) mass is 219 g/mol. The van der Waals surface area contributed by atoms with Crippen molar-refractivity contribution in [3.05, 3.63) is 30.2 Å². The number of anilines is 1. The summed E-state index contributed by atoms with van der Waals surface area (Å²) in [7, 11) is 0. The van der Waals surface area contributed by atoms with Crippen molar-refractivity contribution in [1.29, 1.82) is 0 Å². The summed E-state index contributed by atoms with van der Waals surface area (Å²) in [5, 5.41) is 3.86. The Bertz CT molecular complexity index is 485. The molecule has 1 aromatic heterocycles. The molecule has 0 spiro atoms. The Balaban J connectivity index is 2.20. The van der Waals surface area contributed by atoms with E-state index in [1.54, 1.807) is 12.3 Å². The van der Waals surface area contributed by atoms with E-state index in [1.807, 2.05) is 0 Å². The Labute approximate surface area is 93.7 Å². The van der Waals surface area contributed by atoms with Gasteiger partial charge >= 0.3 is 0 Å². The number of halogens is 1. The maximum atomic E-state index is 12.9. The lowest BCUT2D eigenvalue weighted by Gasteiger charge is -2.04. The summed E-state index contributed by atoms with van der Waals surface area (Å²) < 4.78 is 12.9. The van der Waals surface area contributed by atoms with Crippen LogP contribution in [0.5, 0.6) is 0 Å². The van der Waals surface area contributed by atoms with Crippen molar-refractivity contribution in [3.8, 4) is 0 Å². The fourth-order valence-electron chi connectivity index (χ4n) is 1.47. The van der Waals surface area contributed by atoms with E-state index in [-0.39, 0.29) is 5.82 Å². The van der Waals surface area contributed by atoms with Crippen molar-refractivity contribution in [2.75, 3.05) is 11.9 Å². The molecular weight excluding hydrogens is 205 g/mol. The molecule has 0 aliphatic heterocycles. The number of aromatic nitrogens is 2. The van der Waals surface area contributed by atoms with Crippen molar-refractivity contribution >= 4 is 16.9 Å². The second-order valence-corrected chi connectivity index (χ2v) is 3.68. The summed E-state index contributed by atoms with van der Waals surface area (Å²) >= 11 is 0. The van der Waals surface area contributed by atoms with Crippen LogP contribution in [0.2, 0.25) is 0 Å². The highest BCUT2D eigenvalue weighted by Crippen LogP contribution is 2.13. The van der Waals surface area contributed by atoms with Gasteiger partial charge in [0.05, 0.1) is 5.52 Å². The Kier molecular flexibility index (Phi) is 3.29. The van der Waals surface area contributed by atoms with Gasteiger partial charge in [-0.3, -0.25) is 0 Å². The Hall–Kier alpha value is -1.71. The summed E-state index contributed by atoms with van der Waals surface area (Å²) in [4.78, 5) is 8.43. The van der Waals surface area contributed by atoms with E-state index in [0.29, 0.717) is 5.95 Å². The predicted molar refractivity (Wildman–Crippen MR) is 62.9 cm³/mol. The number of unbranched alkanes of at least 4 members (excludes halogenated alkanes) is 1. The summed E-state index contributed by atoms with van der Waals surface area (Å²) in [6.45, 7) is 2.99. The van der Waals surface area contributed by atoms with Gasteiger partial charge in [-0.15, -0.1) is 0 Å². The van der Waals surface area contributed by atoms with Crippen LogP contribution >= 0.6 is 0 Å².